The highest BCUT2D eigenvalue weighted by molar-refractivity contribution is 5.35. The minimum absolute atomic E-state index is 0.246. The number of hydrogen-bond acceptors (Lipinski definition) is 2. The molecule has 1 heterocycles. The van der Waals surface area contributed by atoms with Crippen LogP contribution in [-0.4, -0.2) is 4.98 Å². The number of alkyl halides is 3. The zero-order valence-electron chi connectivity index (χ0n) is 8.97. The van der Waals surface area contributed by atoms with Crippen LogP contribution in [0.15, 0.2) is 12.3 Å². The van der Waals surface area contributed by atoms with E-state index in [1.54, 1.807) is 0 Å². The van der Waals surface area contributed by atoms with Crippen LogP contribution in [0.3, 0.4) is 0 Å². The lowest BCUT2D eigenvalue weighted by molar-refractivity contribution is -0.138. The molecule has 1 aromatic rings. The third kappa shape index (κ3) is 2.96. The van der Waals surface area contributed by atoms with Crippen LogP contribution < -0.4 is 0 Å². The number of halogens is 3. The van der Waals surface area contributed by atoms with Crippen molar-refractivity contribution in [1.29, 1.82) is 5.26 Å². The summed E-state index contributed by atoms with van der Waals surface area (Å²) in [6.07, 6.45) is -2.68. The molecule has 0 saturated heterocycles. The highest BCUT2D eigenvalue weighted by Crippen LogP contribution is 2.31. The Bertz CT molecular complexity index is 416. The van der Waals surface area contributed by atoms with Gasteiger partial charge in [-0.25, -0.2) is 4.98 Å². The molecular formula is C11H11F3N2. The van der Waals surface area contributed by atoms with E-state index < -0.39 is 17.4 Å². The molecule has 16 heavy (non-hydrogen) atoms. The van der Waals surface area contributed by atoms with Crippen molar-refractivity contribution in [2.45, 2.75) is 26.4 Å². The van der Waals surface area contributed by atoms with Gasteiger partial charge in [0.15, 0.2) is 5.69 Å². The Kier molecular flexibility index (Phi) is 3.53. The smallest absolute Gasteiger partial charge is 0.245 e. The van der Waals surface area contributed by atoms with E-state index in [-0.39, 0.29) is 5.92 Å². The second-order valence-corrected chi connectivity index (χ2v) is 3.95. The summed E-state index contributed by atoms with van der Waals surface area (Å²) in [6, 6.07) is 2.46. The maximum absolute atomic E-state index is 12.6. The molecule has 0 spiro atoms. The Labute approximate surface area is 91.7 Å². The van der Waals surface area contributed by atoms with Gasteiger partial charge in [-0.05, 0) is 24.0 Å². The van der Waals surface area contributed by atoms with Crippen molar-refractivity contribution >= 4 is 0 Å². The van der Waals surface area contributed by atoms with Gasteiger partial charge in [-0.2, -0.15) is 18.4 Å². The number of pyridine rings is 1. The molecule has 0 bridgehead atoms. The van der Waals surface area contributed by atoms with Crippen molar-refractivity contribution in [1.82, 2.24) is 4.98 Å². The van der Waals surface area contributed by atoms with E-state index in [1.807, 2.05) is 13.8 Å². The lowest BCUT2D eigenvalue weighted by Crippen LogP contribution is -2.10. The lowest BCUT2D eigenvalue weighted by atomic mass is 10.0. The van der Waals surface area contributed by atoms with Gasteiger partial charge in [0.2, 0.25) is 0 Å². The molecule has 0 aliphatic rings. The van der Waals surface area contributed by atoms with Crippen LogP contribution in [-0.2, 0) is 12.6 Å². The van der Waals surface area contributed by atoms with Crippen LogP contribution in [0.5, 0.6) is 0 Å². The highest BCUT2D eigenvalue weighted by atomic mass is 19.4. The van der Waals surface area contributed by atoms with Gasteiger partial charge in [0.05, 0.1) is 5.56 Å². The Hall–Kier alpha value is -1.57. The molecule has 0 fully saturated rings. The Morgan fingerprint density at radius 1 is 1.44 bits per heavy atom. The third-order valence-electron chi connectivity index (χ3n) is 2.00. The molecule has 0 N–H and O–H groups in total. The average Bonchev–Trinajstić information content (AvgIpc) is 2.15. The molecule has 0 saturated carbocycles. The molecule has 0 atom stereocenters. The topological polar surface area (TPSA) is 36.7 Å². The Morgan fingerprint density at radius 3 is 2.50 bits per heavy atom. The summed E-state index contributed by atoms with van der Waals surface area (Å²) in [5, 5.41) is 8.54. The first-order chi connectivity index (χ1) is 7.34. The largest absolute Gasteiger partial charge is 0.419 e. The summed E-state index contributed by atoms with van der Waals surface area (Å²) in [4.78, 5) is 3.54. The molecule has 0 amide bonds. The van der Waals surface area contributed by atoms with Crippen molar-refractivity contribution in [2.75, 3.05) is 0 Å². The first-order valence-electron chi connectivity index (χ1n) is 4.80. The molecule has 0 radical (unpaired) electrons. The van der Waals surface area contributed by atoms with E-state index in [2.05, 4.69) is 4.98 Å². The van der Waals surface area contributed by atoms with Crippen LogP contribution in [0.1, 0.15) is 30.7 Å². The van der Waals surface area contributed by atoms with Crippen LogP contribution >= 0.6 is 0 Å². The molecule has 0 aliphatic heterocycles. The Balaban J connectivity index is 3.18. The molecule has 86 valence electrons. The zero-order chi connectivity index (χ0) is 12.3. The predicted octanol–water partition coefficient (Wildman–Crippen LogP) is 3.17. The van der Waals surface area contributed by atoms with Crippen molar-refractivity contribution in [3.05, 3.63) is 29.1 Å². The number of hydrogen-bond donors (Lipinski definition) is 0. The first kappa shape index (κ1) is 12.5. The molecular weight excluding hydrogens is 217 g/mol. The fraction of sp³-hybridized carbons (Fsp3) is 0.455. The van der Waals surface area contributed by atoms with E-state index in [4.69, 9.17) is 5.26 Å². The number of rotatable bonds is 2. The van der Waals surface area contributed by atoms with Crippen LogP contribution in [0.4, 0.5) is 13.2 Å². The second-order valence-electron chi connectivity index (χ2n) is 3.95. The van der Waals surface area contributed by atoms with Gasteiger partial charge in [-0.1, -0.05) is 13.8 Å². The van der Waals surface area contributed by atoms with Gasteiger partial charge in [0.1, 0.15) is 6.07 Å². The van der Waals surface area contributed by atoms with E-state index in [0.717, 1.165) is 6.07 Å². The fourth-order valence-corrected chi connectivity index (χ4v) is 1.40. The van der Waals surface area contributed by atoms with Gasteiger partial charge in [0, 0.05) is 6.20 Å². The van der Waals surface area contributed by atoms with Crippen LogP contribution in [0, 0.1) is 17.2 Å². The van der Waals surface area contributed by atoms with Crippen molar-refractivity contribution in [2.24, 2.45) is 5.92 Å². The maximum atomic E-state index is 12.6. The quantitative estimate of drug-likeness (QED) is 0.779. The molecule has 5 heteroatoms. The summed E-state index contributed by atoms with van der Waals surface area (Å²) in [6.45, 7) is 3.82. The monoisotopic (exact) mass is 228 g/mol. The third-order valence-corrected chi connectivity index (χ3v) is 2.00. The van der Waals surface area contributed by atoms with Crippen LogP contribution in [0.2, 0.25) is 0 Å². The number of nitriles is 1. The van der Waals surface area contributed by atoms with E-state index in [9.17, 15) is 13.2 Å². The molecule has 1 rings (SSSR count). The molecule has 0 aromatic carbocycles. The fourth-order valence-electron chi connectivity index (χ4n) is 1.40. The van der Waals surface area contributed by atoms with Gasteiger partial charge in [-0.15, -0.1) is 0 Å². The normalized spacial score (nSPS) is 11.6. The van der Waals surface area contributed by atoms with Gasteiger partial charge < -0.3 is 0 Å². The lowest BCUT2D eigenvalue weighted by Gasteiger charge is -2.11. The van der Waals surface area contributed by atoms with Gasteiger partial charge in [-0.3, -0.25) is 0 Å². The molecule has 2 nitrogen and oxygen atoms in total. The van der Waals surface area contributed by atoms with Crippen molar-refractivity contribution in [3.8, 4) is 6.07 Å². The van der Waals surface area contributed by atoms with Gasteiger partial charge in [0.25, 0.3) is 0 Å². The first-order valence-corrected chi connectivity index (χ1v) is 4.80. The summed E-state index contributed by atoms with van der Waals surface area (Å²) in [5.41, 5.74) is -1.02. The molecule has 1 aromatic heterocycles. The van der Waals surface area contributed by atoms with E-state index >= 15 is 0 Å². The SMILES string of the molecule is CC(C)Cc1cnc(C#N)c(C(F)(F)F)c1. The number of aromatic nitrogens is 1. The molecule has 0 unspecified atom stereocenters. The minimum atomic E-state index is -4.52. The van der Waals surface area contributed by atoms with Crippen molar-refractivity contribution in [3.63, 3.8) is 0 Å². The van der Waals surface area contributed by atoms with E-state index in [0.29, 0.717) is 12.0 Å². The molecule has 0 aliphatic carbocycles. The predicted molar refractivity (Wildman–Crippen MR) is 52.5 cm³/mol. The second kappa shape index (κ2) is 4.52. The standard InChI is InChI=1S/C11H11F3N2/c1-7(2)3-8-4-9(11(12,13)14)10(5-15)16-6-8/h4,6-7H,3H2,1-2H3. The summed E-state index contributed by atoms with van der Waals surface area (Å²) >= 11 is 0. The number of nitrogens with zero attached hydrogens (tertiary/aromatic N) is 2. The summed E-state index contributed by atoms with van der Waals surface area (Å²) < 4.78 is 37.7. The minimum Gasteiger partial charge on any atom is -0.245 e. The average molecular weight is 228 g/mol. The zero-order valence-corrected chi connectivity index (χ0v) is 8.97. The Morgan fingerprint density at radius 2 is 2.06 bits per heavy atom. The summed E-state index contributed by atoms with van der Waals surface area (Å²) in [5.74, 6) is 0.246. The van der Waals surface area contributed by atoms with E-state index in [1.165, 1.54) is 12.3 Å². The van der Waals surface area contributed by atoms with Crippen molar-refractivity contribution < 1.29 is 13.2 Å². The van der Waals surface area contributed by atoms with Gasteiger partial charge >= 0.3 is 6.18 Å². The summed E-state index contributed by atoms with van der Waals surface area (Å²) in [7, 11) is 0. The highest BCUT2D eigenvalue weighted by Gasteiger charge is 2.34. The van der Waals surface area contributed by atoms with Crippen LogP contribution in [0.25, 0.3) is 0 Å². The maximum Gasteiger partial charge on any atom is 0.419 e.